The molecular weight excluding hydrogens is 222 g/mol. The molecule has 0 saturated carbocycles. The van der Waals surface area contributed by atoms with E-state index in [4.69, 9.17) is 4.74 Å². The number of aromatic nitrogens is 1. The van der Waals surface area contributed by atoms with E-state index >= 15 is 0 Å². The maximum atomic E-state index is 11.6. The van der Waals surface area contributed by atoms with Crippen LogP contribution in [-0.4, -0.2) is 18.1 Å². The van der Waals surface area contributed by atoms with Gasteiger partial charge in [-0.1, -0.05) is 17.7 Å². The smallest absolute Gasteiger partial charge is 0.338 e. The van der Waals surface area contributed by atoms with Gasteiger partial charge in [0.15, 0.2) is 0 Å². The average Bonchev–Trinajstić information content (AvgIpc) is 2.81. The Kier molecular flexibility index (Phi) is 3.01. The van der Waals surface area contributed by atoms with E-state index in [9.17, 15) is 4.79 Å². The fourth-order valence-electron chi connectivity index (χ4n) is 1.48. The number of aryl methyl sites for hydroxylation is 1. The predicted octanol–water partition coefficient (Wildman–Crippen LogP) is 2.91. The Labute approximate surface area is 97.7 Å². The summed E-state index contributed by atoms with van der Waals surface area (Å²) in [5.41, 5.74) is 2.42. The van der Waals surface area contributed by atoms with Crippen LogP contribution in [0.5, 0.6) is 0 Å². The number of hydrogen-bond donors (Lipinski definition) is 0. The first-order chi connectivity index (χ1) is 7.72. The van der Waals surface area contributed by atoms with Gasteiger partial charge >= 0.3 is 5.97 Å². The van der Waals surface area contributed by atoms with Crippen LogP contribution in [0.15, 0.2) is 29.8 Å². The molecule has 0 atom stereocenters. The molecule has 2 aromatic rings. The van der Waals surface area contributed by atoms with Gasteiger partial charge in [-0.3, -0.25) is 0 Å². The molecule has 0 unspecified atom stereocenters. The van der Waals surface area contributed by atoms with Crippen molar-refractivity contribution >= 4 is 17.3 Å². The number of esters is 1. The molecule has 0 bridgehead atoms. The molecule has 3 nitrogen and oxygen atoms in total. The van der Waals surface area contributed by atoms with Gasteiger partial charge in [0.1, 0.15) is 5.01 Å². The first-order valence-electron chi connectivity index (χ1n) is 4.81. The van der Waals surface area contributed by atoms with Crippen LogP contribution >= 0.6 is 11.3 Å². The Bertz CT molecular complexity index is 506. The number of methoxy groups -OCH3 is 1. The molecule has 16 heavy (non-hydrogen) atoms. The number of nitrogens with zero attached hydrogens (tertiary/aromatic N) is 1. The van der Waals surface area contributed by atoms with Gasteiger partial charge in [0.05, 0.1) is 12.7 Å². The minimum Gasteiger partial charge on any atom is -0.465 e. The van der Waals surface area contributed by atoms with Crippen LogP contribution in [0.4, 0.5) is 0 Å². The molecule has 0 aliphatic heterocycles. The van der Waals surface area contributed by atoms with Crippen molar-refractivity contribution in [1.29, 1.82) is 0 Å². The standard InChI is InChI=1S/C12H11NO2S/c1-8-3-4-9(11-13-5-6-16-11)10(7-8)12(14)15-2/h3-7H,1-2H3. The van der Waals surface area contributed by atoms with Crippen LogP contribution < -0.4 is 0 Å². The number of hydrogen-bond acceptors (Lipinski definition) is 4. The lowest BCUT2D eigenvalue weighted by Gasteiger charge is -2.06. The zero-order chi connectivity index (χ0) is 11.5. The first-order valence-corrected chi connectivity index (χ1v) is 5.69. The van der Waals surface area contributed by atoms with Crippen molar-refractivity contribution in [3.63, 3.8) is 0 Å². The molecule has 0 radical (unpaired) electrons. The van der Waals surface area contributed by atoms with E-state index in [-0.39, 0.29) is 5.97 Å². The summed E-state index contributed by atoms with van der Waals surface area (Å²) in [6.45, 7) is 1.94. The van der Waals surface area contributed by atoms with Gasteiger partial charge in [-0.25, -0.2) is 9.78 Å². The summed E-state index contributed by atoms with van der Waals surface area (Å²) < 4.78 is 4.77. The predicted molar refractivity (Wildman–Crippen MR) is 63.6 cm³/mol. The molecule has 1 heterocycles. The van der Waals surface area contributed by atoms with E-state index in [2.05, 4.69) is 4.98 Å². The van der Waals surface area contributed by atoms with Gasteiger partial charge in [-0.05, 0) is 13.0 Å². The molecule has 82 valence electrons. The molecule has 0 fully saturated rings. The summed E-state index contributed by atoms with van der Waals surface area (Å²) in [4.78, 5) is 15.8. The van der Waals surface area contributed by atoms with Gasteiger partial charge in [-0.2, -0.15) is 0 Å². The summed E-state index contributed by atoms with van der Waals surface area (Å²) in [6.07, 6.45) is 1.72. The highest BCUT2D eigenvalue weighted by atomic mass is 32.1. The number of carbonyl (C=O) groups excluding carboxylic acids is 1. The highest BCUT2D eigenvalue weighted by Gasteiger charge is 2.14. The molecule has 1 aromatic carbocycles. The molecule has 4 heteroatoms. The van der Waals surface area contributed by atoms with Crippen LogP contribution in [-0.2, 0) is 4.74 Å². The second-order valence-electron chi connectivity index (χ2n) is 3.38. The fourth-order valence-corrected chi connectivity index (χ4v) is 2.16. The maximum Gasteiger partial charge on any atom is 0.338 e. The van der Waals surface area contributed by atoms with E-state index in [0.29, 0.717) is 5.56 Å². The SMILES string of the molecule is COC(=O)c1cc(C)ccc1-c1nccs1. The molecule has 0 spiro atoms. The second-order valence-corrected chi connectivity index (χ2v) is 4.27. The highest BCUT2D eigenvalue weighted by Crippen LogP contribution is 2.26. The fraction of sp³-hybridized carbons (Fsp3) is 0.167. The minimum atomic E-state index is -0.325. The molecular formula is C12H11NO2S. The van der Waals surface area contributed by atoms with Crippen molar-refractivity contribution in [2.75, 3.05) is 7.11 Å². The summed E-state index contributed by atoms with van der Waals surface area (Å²) in [5, 5.41) is 2.72. The molecule has 0 amide bonds. The van der Waals surface area contributed by atoms with Crippen molar-refractivity contribution in [2.45, 2.75) is 6.92 Å². The van der Waals surface area contributed by atoms with Crippen LogP contribution in [0.1, 0.15) is 15.9 Å². The Balaban J connectivity index is 2.57. The van der Waals surface area contributed by atoms with Crippen molar-refractivity contribution in [3.8, 4) is 10.6 Å². The molecule has 2 rings (SSSR count). The summed E-state index contributed by atoms with van der Waals surface area (Å²) in [6, 6.07) is 5.69. The third-order valence-electron chi connectivity index (χ3n) is 2.24. The molecule has 0 aliphatic rings. The zero-order valence-electron chi connectivity index (χ0n) is 9.06. The summed E-state index contributed by atoms with van der Waals surface area (Å²) in [5.74, 6) is -0.325. The molecule has 1 aromatic heterocycles. The van der Waals surface area contributed by atoms with Gasteiger partial charge in [-0.15, -0.1) is 11.3 Å². The number of thiazole rings is 1. The van der Waals surface area contributed by atoms with Crippen LogP contribution in [0, 0.1) is 6.92 Å². The summed E-state index contributed by atoms with van der Waals surface area (Å²) in [7, 11) is 1.39. The topological polar surface area (TPSA) is 39.2 Å². The first kappa shape index (κ1) is 10.8. The van der Waals surface area contributed by atoms with Crippen molar-refractivity contribution in [3.05, 3.63) is 40.9 Å². The monoisotopic (exact) mass is 233 g/mol. The van der Waals surface area contributed by atoms with E-state index in [1.165, 1.54) is 18.4 Å². The molecule has 0 saturated heterocycles. The Hall–Kier alpha value is -1.68. The van der Waals surface area contributed by atoms with Gasteiger partial charge in [0.25, 0.3) is 0 Å². The van der Waals surface area contributed by atoms with Crippen LogP contribution in [0.3, 0.4) is 0 Å². The van der Waals surface area contributed by atoms with E-state index in [0.717, 1.165) is 16.1 Å². The van der Waals surface area contributed by atoms with E-state index in [1.807, 2.05) is 30.5 Å². The number of benzene rings is 1. The quantitative estimate of drug-likeness (QED) is 0.749. The number of carbonyl (C=O) groups is 1. The van der Waals surface area contributed by atoms with Gasteiger partial charge in [0.2, 0.25) is 0 Å². The van der Waals surface area contributed by atoms with E-state index < -0.39 is 0 Å². The van der Waals surface area contributed by atoms with Gasteiger partial charge < -0.3 is 4.74 Å². The Morgan fingerprint density at radius 2 is 2.25 bits per heavy atom. The van der Waals surface area contributed by atoms with Crippen molar-refractivity contribution in [2.24, 2.45) is 0 Å². The van der Waals surface area contributed by atoms with Crippen molar-refractivity contribution < 1.29 is 9.53 Å². The van der Waals surface area contributed by atoms with Crippen LogP contribution in [0.25, 0.3) is 10.6 Å². The third-order valence-corrected chi connectivity index (χ3v) is 3.05. The number of ether oxygens (including phenoxy) is 1. The lowest BCUT2D eigenvalue weighted by atomic mass is 10.1. The lowest BCUT2D eigenvalue weighted by molar-refractivity contribution is 0.0601. The molecule has 0 N–H and O–H groups in total. The average molecular weight is 233 g/mol. The Morgan fingerprint density at radius 1 is 1.44 bits per heavy atom. The summed E-state index contributed by atoms with van der Waals surface area (Å²) >= 11 is 1.51. The normalized spacial score (nSPS) is 10.1. The third kappa shape index (κ3) is 1.97. The maximum absolute atomic E-state index is 11.6. The van der Waals surface area contributed by atoms with Crippen LogP contribution in [0.2, 0.25) is 0 Å². The largest absolute Gasteiger partial charge is 0.465 e. The zero-order valence-corrected chi connectivity index (χ0v) is 9.88. The second kappa shape index (κ2) is 4.45. The lowest BCUT2D eigenvalue weighted by Crippen LogP contribution is -2.03. The number of rotatable bonds is 2. The van der Waals surface area contributed by atoms with Gasteiger partial charge in [0, 0.05) is 17.1 Å². The highest BCUT2D eigenvalue weighted by molar-refractivity contribution is 7.13. The minimum absolute atomic E-state index is 0.325. The van der Waals surface area contributed by atoms with E-state index in [1.54, 1.807) is 6.20 Å². The Morgan fingerprint density at radius 3 is 2.88 bits per heavy atom. The molecule has 0 aliphatic carbocycles. The van der Waals surface area contributed by atoms with Crippen molar-refractivity contribution in [1.82, 2.24) is 4.98 Å².